The van der Waals surface area contributed by atoms with Crippen LogP contribution in [0.3, 0.4) is 0 Å². The molecule has 0 saturated heterocycles. The van der Waals surface area contributed by atoms with Gasteiger partial charge in [0.2, 0.25) is 0 Å². The molecule has 1 aliphatic carbocycles. The van der Waals surface area contributed by atoms with E-state index in [1.165, 1.54) is 42.0 Å². The van der Waals surface area contributed by atoms with Crippen molar-refractivity contribution in [1.29, 1.82) is 5.26 Å². The van der Waals surface area contributed by atoms with Gasteiger partial charge in [0.25, 0.3) is 0 Å². The van der Waals surface area contributed by atoms with Crippen LogP contribution in [-0.4, -0.2) is 6.61 Å². The highest BCUT2D eigenvalue weighted by atomic mass is 16.5. The van der Waals surface area contributed by atoms with Crippen LogP contribution in [0.15, 0.2) is 36.4 Å². The molecule has 3 rings (SSSR count). The van der Waals surface area contributed by atoms with E-state index in [-0.39, 0.29) is 0 Å². The highest BCUT2D eigenvalue weighted by molar-refractivity contribution is 5.89. The largest absolute Gasteiger partial charge is 0.492 e. The standard InChI is InChI=1S/C20H23NO/c1-2-15-8-9-17(14-15)19-11-10-16-6-3-4-7-18(16)20(19)22-13-5-12-21/h3-4,6-7,10-11,15,17H,2,5,8-9,13-14H2,1H3. The van der Waals surface area contributed by atoms with Crippen LogP contribution < -0.4 is 4.74 Å². The minimum Gasteiger partial charge on any atom is -0.492 e. The fraction of sp³-hybridized carbons (Fsp3) is 0.450. The first-order valence-corrected chi connectivity index (χ1v) is 8.35. The van der Waals surface area contributed by atoms with E-state index < -0.39 is 0 Å². The monoisotopic (exact) mass is 293 g/mol. The third-order valence-corrected chi connectivity index (χ3v) is 4.93. The first-order valence-electron chi connectivity index (χ1n) is 8.35. The normalized spacial score (nSPS) is 20.9. The molecular formula is C20H23NO. The number of nitrogens with zero attached hydrogens (tertiary/aromatic N) is 1. The quantitative estimate of drug-likeness (QED) is 0.689. The van der Waals surface area contributed by atoms with Gasteiger partial charge in [-0.3, -0.25) is 0 Å². The highest BCUT2D eigenvalue weighted by Crippen LogP contribution is 2.45. The summed E-state index contributed by atoms with van der Waals surface area (Å²) in [5.74, 6) is 2.46. The van der Waals surface area contributed by atoms with Crippen LogP contribution in [-0.2, 0) is 0 Å². The van der Waals surface area contributed by atoms with Crippen molar-refractivity contribution in [2.45, 2.75) is 44.9 Å². The Balaban J connectivity index is 1.97. The van der Waals surface area contributed by atoms with Crippen LogP contribution in [0.1, 0.15) is 50.5 Å². The molecule has 2 atom stereocenters. The summed E-state index contributed by atoms with van der Waals surface area (Å²) in [6, 6.07) is 15.0. The maximum atomic E-state index is 8.78. The zero-order chi connectivity index (χ0) is 15.4. The van der Waals surface area contributed by atoms with Gasteiger partial charge in [-0.1, -0.05) is 49.7 Å². The Kier molecular flexibility index (Phi) is 4.63. The van der Waals surface area contributed by atoms with Gasteiger partial charge in [0.05, 0.1) is 12.5 Å². The predicted octanol–water partition coefficient (Wildman–Crippen LogP) is 5.43. The molecule has 0 spiro atoms. The van der Waals surface area contributed by atoms with Gasteiger partial charge in [0.15, 0.2) is 0 Å². The van der Waals surface area contributed by atoms with Crippen molar-refractivity contribution in [1.82, 2.24) is 0 Å². The molecule has 2 heteroatoms. The van der Waals surface area contributed by atoms with Crippen LogP contribution in [0.4, 0.5) is 0 Å². The van der Waals surface area contributed by atoms with E-state index >= 15 is 0 Å². The van der Waals surface area contributed by atoms with Gasteiger partial charge in [0, 0.05) is 5.39 Å². The molecule has 0 N–H and O–H groups in total. The topological polar surface area (TPSA) is 33.0 Å². The van der Waals surface area contributed by atoms with Gasteiger partial charge in [0.1, 0.15) is 12.4 Å². The smallest absolute Gasteiger partial charge is 0.130 e. The van der Waals surface area contributed by atoms with E-state index in [9.17, 15) is 0 Å². The van der Waals surface area contributed by atoms with Gasteiger partial charge in [-0.05, 0) is 42.0 Å². The molecule has 0 bridgehead atoms. The van der Waals surface area contributed by atoms with Gasteiger partial charge in [-0.2, -0.15) is 5.26 Å². The van der Waals surface area contributed by atoms with Gasteiger partial charge < -0.3 is 4.74 Å². The molecule has 22 heavy (non-hydrogen) atoms. The van der Waals surface area contributed by atoms with Crippen LogP contribution in [0.5, 0.6) is 5.75 Å². The van der Waals surface area contributed by atoms with Crippen molar-refractivity contribution in [3.63, 3.8) is 0 Å². The van der Waals surface area contributed by atoms with Gasteiger partial charge in [-0.25, -0.2) is 0 Å². The fourth-order valence-corrected chi connectivity index (χ4v) is 3.67. The summed E-state index contributed by atoms with van der Waals surface area (Å²) in [5.41, 5.74) is 1.34. The molecule has 0 aliphatic heterocycles. The van der Waals surface area contributed by atoms with E-state index in [1.54, 1.807) is 0 Å². The number of fused-ring (bicyclic) bond motifs is 1. The molecule has 1 fully saturated rings. The minimum atomic E-state index is 0.435. The Labute approximate surface area is 132 Å². The molecule has 2 nitrogen and oxygen atoms in total. The fourth-order valence-electron chi connectivity index (χ4n) is 3.67. The second-order valence-corrected chi connectivity index (χ2v) is 6.25. The first kappa shape index (κ1) is 14.9. The molecular weight excluding hydrogens is 270 g/mol. The molecule has 114 valence electrons. The second kappa shape index (κ2) is 6.83. The lowest BCUT2D eigenvalue weighted by Crippen LogP contribution is -2.03. The zero-order valence-corrected chi connectivity index (χ0v) is 13.2. The summed E-state index contributed by atoms with van der Waals surface area (Å²) >= 11 is 0. The molecule has 2 aromatic rings. The van der Waals surface area contributed by atoms with Crippen LogP contribution in [0.2, 0.25) is 0 Å². The molecule has 0 aromatic heterocycles. The van der Waals surface area contributed by atoms with Crippen molar-refractivity contribution in [2.24, 2.45) is 5.92 Å². The van der Waals surface area contributed by atoms with Crippen molar-refractivity contribution in [3.8, 4) is 11.8 Å². The van der Waals surface area contributed by atoms with Gasteiger partial charge >= 0.3 is 0 Å². The molecule has 0 heterocycles. The number of ether oxygens (including phenoxy) is 1. The van der Waals surface area contributed by atoms with E-state index in [4.69, 9.17) is 10.00 Å². The van der Waals surface area contributed by atoms with E-state index in [0.717, 1.165) is 11.7 Å². The maximum Gasteiger partial charge on any atom is 0.130 e. The predicted molar refractivity (Wildman–Crippen MR) is 90.0 cm³/mol. The molecule has 1 aliphatic rings. The van der Waals surface area contributed by atoms with Crippen molar-refractivity contribution in [2.75, 3.05) is 6.61 Å². The lowest BCUT2D eigenvalue weighted by atomic mass is 9.92. The summed E-state index contributed by atoms with van der Waals surface area (Å²) in [6.07, 6.45) is 5.56. The van der Waals surface area contributed by atoms with Crippen LogP contribution in [0, 0.1) is 17.2 Å². The maximum absolute atomic E-state index is 8.78. The molecule has 1 saturated carbocycles. The Morgan fingerprint density at radius 2 is 2.05 bits per heavy atom. The van der Waals surface area contributed by atoms with E-state index in [0.29, 0.717) is 18.9 Å². The summed E-state index contributed by atoms with van der Waals surface area (Å²) in [4.78, 5) is 0. The van der Waals surface area contributed by atoms with Crippen molar-refractivity contribution >= 4 is 10.8 Å². The van der Waals surface area contributed by atoms with Crippen molar-refractivity contribution < 1.29 is 4.74 Å². The van der Waals surface area contributed by atoms with E-state index in [1.807, 2.05) is 0 Å². The van der Waals surface area contributed by atoms with Gasteiger partial charge in [-0.15, -0.1) is 0 Å². The number of nitriles is 1. The minimum absolute atomic E-state index is 0.435. The van der Waals surface area contributed by atoms with Crippen molar-refractivity contribution in [3.05, 3.63) is 42.0 Å². The summed E-state index contributed by atoms with van der Waals surface area (Å²) in [7, 11) is 0. The Hall–Kier alpha value is -2.01. The Morgan fingerprint density at radius 1 is 1.18 bits per heavy atom. The second-order valence-electron chi connectivity index (χ2n) is 6.25. The highest BCUT2D eigenvalue weighted by Gasteiger charge is 2.27. The zero-order valence-electron chi connectivity index (χ0n) is 13.2. The summed E-state index contributed by atoms with van der Waals surface area (Å²) in [6.45, 7) is 2.76. The SMILES string of the molecule is CCC1CCC(c2ccc3ccccc3c2OCCC#N)C1. The van der Waals surface area contributed by atoms with Crippen LogP contribution >= 0.6 is 0 Å². The molecule has 0 amide bonds. The number of hydrogen-bond acceptors (Lipinski definition) is 2. The molecule has 2 unspecified atom stereocenters. The average Bonchev–Trinajstić information content (AvgIpc) is 3.04. The van der Waals surface area contributed by atoms with E-state index in [2.05, 4.69) is 49.4 Å². The average molecular weight is 293 g/mol. The number of rotatable bonds is 5. The number of hydrogen-bond donors (Lipinski definition) is 0. The molecule has 2 aromatic carbocycles. The first-order chi connectivity index (χ1) is 10.8. The summed E-state index contributed by atoms with van der Waals surface area (Å²) < 4.78 is 6.05. The van der Waals surface area contributed by atoms with Crippen LogP contribution in [0.25, 0.3) is 10.8 Å². The summed E-state index contributed by atoms with van der Waals surface area (Å²) in [5, 5.41) is 11.2. The molecule has 0 radical (unpaired) electrons. The Morgan fingerprint density at radius 3 is 2.82 bits per heavy atom. The number of benzene rings is 2. The lowest BCUT2D eigenvalue weighted by Gasteiger charge is -2.18. The Bertz CT molecular complexity index is 686. The third-order valence-electron chi connectivity index (χ3n) is 4.93. The lowest BCUT2D eigenvalue weighted by molar-refractivity contribution is 0.324. The third kappa shape index (κ3) is 2.95.